The molecule has 2 heterocycles. The number of hydrogen-bond acceptors (Lipinski definition) is 6. The summed E-state index contributed by atoms with van der Waals surface area (Å²) in [5.74, 6) is -0.128. The molecule has 0 N–H and O–H groups in total. The number of rotatable bonds is 4. The summed E-state index contributed by atoms with van der Waals surface area (Å²) in [4.78, 5) is 14.2. The molecule has 2 rings (SSSR count). The number of morpholine rings is 1. The zero-order valence-corrected chi connectivity index (χ0v) is 10.8. The highest BCUT2D eigenvalue weighted by molar-refractivity contribution is 5.99. The molecular weight excluding hydrogens is 238 g/mol. The minimum absolute atomic E-state index is 0.128. The predicted molar refractivity (Wildman–Crippen MR) is 63.0 cm³/mol. The van der Waals surface area contributed by atoms with Gasteiger partial charge in [-0.3, -0.25) is 9.69 Å². The minimum Gasteiger partial charge on any atom is -0.379 e. The van der Waals surface area contributed by atoms with Gasteiger partial charge in [0, 0.05) is 39.4 Å². The summed E-state index contributed by atoms with van der Waals surface area (Å²) in [6.45, 7) is 3.67. The van der Waals surface area contributed by atoms with E-state index in [-0.39, 0.29) is 5.78 Å². The molecule has 18 heavy (non-hydrogen) atoms. The standard InChI is InChI=1S/C12H19NO5/c1-15-10-7-9(11(14)12(16-2)18-10)8-13-3-5-17-6-4-13/h7,10,12H,3-6,8H2,1-2H3. The molecule has 2 atom stereocenters. The maximum atomic E-state index is 12.1. The van der Waals surface area contributed by atoms with Gasteiger partial charge in [-0.2, -0.15) is 0 Å². The highest BCUT2D eigenvalue weighted by Gasteiger charge is 2.32. The third kappa shape index (κ3) is 3.15. The van der Waals surface area contributed by atoms with Crippen molar-refractivity contribution < 1.29 is 23.7 Å². The fourth-order valence-corrected chi connectivity index (χ4v) is 2.04. The highest BCUT2D eigenvalue weighted by atomic mass is 16.8. The molecule has 2 aliphatic heterocycles. The minimum atomic E-state index is -0.865. The lowest BCUT2D eigenvalue weighted by Gasteiger charge is -2.31. The first kappa shape index (κ1) is 13.6. The van der Waals surface area contributed by atoms with Crippen molar-refractivity contribution in [3.05, 3.63) is 11.6 Å². The van der Waals surface area contributed by atoms with Crippen LogP contribution >= 0.6 is 0 Å². The van der Waals surface area contributed by atoms with Gasteiger partial charge in [0.05, 0.1) is 13.2 Å². The van der Waals surface area contributed by atoms with E-state index in [4.69, 9.17) is 18.9 Å². The molecule has 6 nitrogen and oxygen atoms in total. The van der Waals surface area contributed by atoms with Crippen molar-refractivity contribution in [2.24, 2.45) is 0 Å². The van der Waals surface area contributed by atoms with Crippen LogP contribution in [0.3, 0.4) is 0 Å². The summed E-state index contributed by atoms with van der Waals surface area (Å²) < 4.78 is 20.7. The molecule has 0 aromatic carbocycles. The Labute approximate surface area is 106 Å². The second kappa shape index (κ2) is 6.40. The molecule has 6 heteroatoms. The maximum Gasteiger partial charge on any atom is 0.224 e. The monoisotopic (exact) mass is 257 g/mol. The van der Waals surface area contributed by atoms with Crippen LogP contribution in [0.1, 0.15) is 0 Å². The summed E-state index contributed by atoms with van der Waals surface area (Å²) in [7, 11) is 2.99. The molecule has 0 bridgehead atoms. The van der Waals surface area contributed by atoms with Crippen LogP contribution in [0.25, 0.3) is 0 Å². The average Bonchev–Trinajstić information content (AvgIpc) is 2.42. The van der Waals surface area contributed by atoms with Gasteiger partial charge in [0.15, 0.2) is 6.29 Å². The molecule has 0 aromatic rings. The van der Waals surface area contributed by atoms with Crippen molar-refractivity contribution in [3.8, 4) is 0 Å². The van der Waals surface area contributed by atoms with Crippen LogP contribution in [0.2, 0.25) is 0 Å². The molecule has 0 radical (unpaired) electrons. The zero-order chi connectivity index (χ0) is 13.0. The van der Waals surface area contributed by atoms with E-state index in [9.17, 15) is 4.79 Å². The normalized spacial score (nSPS) is 30.3. The Hall–Kier alpha value is -0.790. The molecule has 1 saturated heterocycles. The highest BCUT2D eigenvalue weighted by Crippen LogP contribution is 2.18. The molecule has 0 spiro atoms. The van der Waals surface area contributed by atoms with Crippen molar-refractivity contribution >= 4 is 5.78 Å². The maximum absolute atomic E-state index is 12.1. The first-order valence-electron chi connectivity index (χ1n) is 6.00. The summed E-state index contributed by atoms with van der Waals surface area (Å²) in [6, 6.07) is 0. The fraction of sp³-hybridized carbons (Fsp3) is 0.750. The van der Waals surface area contributed by atoms with Crippen molar-refractivity contribution in [1.82, 2.24) is 4.90 Å². The summed E-state index contributed by atoms with van der Waals surface area (Å²) in [5.41, 5.74) is 0.682. The third-order valence-corrected chi connectivity index (χ3v) is 3.07. The Bertz CT molecular complexity index is 324. The number of ether oxygens (including phenoxy) is 4. The Morgan fingerprint density at radius 1 is 1.33 bits per heavy atom. The molecule has 0 aliphatic carbocycles. The van der Waals surface area contributed by atoms with Crippen molar-refractivity contribution in [2.75, 3.05) is 47.1 Å². The lowest BCUT2D eigenvalue weighted by atomic mass is 10.1. The van der Waals surface area contributed by atoms with Gasteiger partial charge in [0.25, 0.3) is 0 Å². The van der Waals surface area contributed by atoms with Gasteiger partial charge >= 0.3 is 0 Å². The molecule has 0 amide bonds. The predicted octanol–water partition coefficient (Wildman–Crippen LogP) is -0.211. The lowest BCUT2D eigenvalue weighted by molar-refractivity contribution is -0.212. The van der Waals surface area contributed by atoms with Gasteiger partial charge in [-0.15, -0.1) is 0 Å². The second-order valence-electron chi connectivity index (χ2n) is 4.25. The number of carbonyl (C=O) groups is 1. The molecule has 2 unspecified atom stereocenters. The first-order chi connectivity index (χ1) is 8.74. The number of Topliss-reactive ketones (excluding diaryl/α,β-unsaturated/α-hetero) is 1. The van der Waals surface area contributed by atoms with Gasteiger partial charge in [0.2, 0.25) is 12.1 Å². The van der Waals surface area contributed by atoms with Crippen LogP contribution in [-0.2, 0) is 23.7 Å². The molecule has 0 aromatic heterocycles. The lowest BCUT2D eigenvalue weighted by Crippen LogP contribution is -2.43. The zero-order valence-electron chi connectivity index (χ0n) is 10.8. The van der Waals surface area contributed by atoms with Gasteiger partial charge in [0.1, 0.15) is 0 Å². The smallest absolute Gasteiger partial charge is 0.224 e. The second-order valence-corrected chi connectivity index (χ2v) is 4.25. The number of ketones is 1. The topological polar surface area (TPSA) is 57.2 Å². The fourth-order valence-electron chi connectivity index (χ4n) is 2.04. The number of carbonyl (C=O) groups excluding carboxylic acids is 1. The van der Waals surface area contributed by atoms with Crippen LogP contribution < -0.4 is 0 Å². The van der Waals surface area contributed by atoms with Crippen molar-refractivity contribution in [2.45, 2.75) is 12.6 Å². The van der Waals surface area contributed by atoms with Gasteiger partial charge in [-0.25, -0.2) is 0 Å². The Kier molecular flexibility index (Phi) is 4.85. The number of hydrogen-bond donors (Lipinski definition) is 0. The average molecular weight is 257 g/mol. The van der Waals surface area contributed by atoms with Crippen LogP contribution in [0, 0.1) is 0 Å². The van der Waals surface area contributed by atoms with E-state index in [1.54, 1.807) is 6.08 Å². The van der Waals surface area contributed by atoms with Crippen LogP contribution in [0.5, 0.6) is 0 Å². The van der Waals surface area contributed by atoms with Gasteiger partial charge in [-0.1, -0.05) is 0 Å². The summed E-state index contributed by atoms with van der Waals surface area (Å²) in [6.07, 6.45) is 0.326. The van der Waals surface area contributed by atoms with E-state index in [2.05, 4.69) is 4.90 Å². The van der Waals surface area contributed by atoms with Crippen LogP contribution in [0.4, 0.5) is 0 Å². The summed E-state index contributed by atoms with van der Waals surface area (Å²) >= 11 is 0. The van der Waals surface area contributed by atoms with Crippen LogP contribution in [-0.4, -0.2) is 70.3 Å². The number of methoxy groups -OCH3 is 2. The van der Waals surface area contributed by atoms with Crippen molar-refractivity contribution in [3.63, 3.8) is 0 Å². The number of nitrogens with zero attached hydrogens (tertiary/aromatic N) is 1. The quantitative estimate of drug-likeness (QED) is 0.694. The Morgan fingerprint density at radius 2 is 2.06 bits per heavy atom. The molecule has 0 saturated carbocycles. The molecule has 102 valence electrons. The molecule has 1 fully saturated rings. The van der Waals surface area contributed by atoms with Crippen LogP contribution in [0.15, 0.2) is 11.6 Å². The third-order valence-electron chi connectivity index (χ3n) is 3.07. The molecular formula is C12H19NO5. The molecule has 2 aliphatic rings. The Morgan fingerprint density at radius 3 is 2.67 bits per heavy atom. The van der Waals surface area contributed by atoms with E-state index in [1.165, 1.54) is 14.2 Å². The van der Waals surface area contributed by atoms with Crippen molar-refractivity contribution in [1.29, 1.82) is 0 Å². The van der Waals surface area contributed by atoms with Gasteiger partial charge in [-0.05, 0) is 6.08 Å². The van der Waals surface area contributed by atoms with E-state index >= 15 is 0 Å². The summed E-state index contributed by atoms with van der Waals surface area (Å²) in [5, 5.41) is 0. The Balaban J connectivity index is 2.03. The van der Waals surface area contributed by atoms with E-state index in [0.29, 0.717) is 25.3 Å². The van der Waals surface area contributed by atoms with E-state index < -0.39 is 12.6 Å². The van der Waals surface area contributed by atoms with Gasteiger partial charge < -0.3 is 18.9 Å². The van der Waals surface area contributed by atoms with E-state index in [0.717, 1.165) is 13.1 Å². The first-order valence-corrected chi connectivity index (χ1v) is 6.00. The SMILES string of the molecule is COC1C=C(CN2CCOCC2)C(=O)C(OC)O1. The van der Waals surface area contributed by atoms with E-state index in [1.807, 2.05) is 0 Å². The largest absolute Gasteiger partial charge is 0.379 e.